The van der Waals surface area contributed by atoms with Gasteiger partial charge in [0.05, 0.1) is 6.07 Å². The van der Waals surface area contributed by atoms with E-state index in [0.29, 0.717) is 0 Å². The Morgan fingerprint density at radius 1 is 1.33 bits per heavy atom. The summed E-state index contributed by atoms with van der Waals surface area (Å²) >= 11 is 0. The van der Waals surface area contributed by atoms with E-state index in [1.54, 1.807) is 6.07 Å². The molecule has 0 aliphatic rings. The lowest BCUT2D eigenvalue weighted by atomic mass is 10.2. The molecule has 1 aromatic carbocycles. The van der Waals surface area contributed by atoms with E-state index < -0.39 is 11.6 Å². The molecule has 1 nitrogen and oxygen atoms in total. The normalized spacial score (nSPS) is 10.1. The maximum atomic E-state index is 12.8. The minimum absolute atomic E-state index is 0.206. The molecule has 0 spiro atoms. The van der Waals surface area contributed by atoms with Gasteiger partial charge < -0.3 is 0 Å². The van der Waals surface area contributed by atoms with Gasteiger partial charge >= 0.3 is 0 Å². The highest BCUT2D eigenvalue weighted by atomic mass is 19.1. The van der Waals surface area contributed by atoms with Gasteiger partial charge in [-0.1, -0.05) is 0 Å². The minimum atomic E-state index is -0.665. The molecule has 0 saturated carbocycles. The summed E-state index contributed by atoms with van der Waals surface area (Å²) < 4.78 is 25.1. The van der Waals surface area contributed by atoms with E-state index in [0.717, 1.165) is 18.2 Å². The van der Waals surface area contributed by atoms with Crippen molar-refractivity contribution in [3.8, 4) is 6.07 Å². The van der Waals surface area contributed by atoms with Gasteiger partial charge in [0.1, 0.15) is 11.6 Å². The first-order valence-corrected chi connectivity index (χ1v) is 3.25. The Bertz CT molecular complexity index is 350. The Kier molecular flexibility index (Phi) is 2.54. The fraction of sp³-hybridized carbons (Fsp3) is 0. The molecule has 0 fully saturated rings. The summed E-state index contributed by atoms with van der Waals surface area (Å²) in [4.78, 5) is 0. The monoisotopic (exact) mass is 165 g/mol. The molecule has 0 atom stereocenters. The van der Waals surface area contributed by atoms with Crippen molar-refractivity contribution in [1.82, 2.24) is 0 Å². The topological polar surface area (TPSA) is 23.8 Å². The van der Waals surface area contributed by atoms with Crippen molar-refractivity contribution in [2.75, 3.05) is 0 Å². The average Bonchev–Trinajstić information content (AvgIpc) is 2.03. The van der Waals surface area contributed by atoms with Crippen LogP contribution in [-0.2, 0) is 0 Å². The summed E-state index contributed by atoms with van der Waals surface area (Å²) in [7, 11) is 0. The van der Waals surface area contributed by atoms with E-state index in [1.807, 2.05) is 0 Å². The van der Waals surface area contributed by atoms with Crippen LogP contribution < -0.4 is 0 Å². The van der Waals surface area contributed by atoms with E-state index in [-0.39, 0.29) is 5.56 Å². The minimum Gasteiger partial charge on any atom is -0.207 e. The van der Waals surface area contributed by atoms with E-state index in [1.165, 1.54) is 12.1 Å². The second-order valence-corrected chi connectivity index (χ2v) is 2.13. The summed E-state index contributed by atoms with van der Waals surface area (Å²) in [5.41, 5.74) is 0.206. The largest absolute Gasteiger partial charge is 0.207 e. The van der Waals surface area contributed by atoms with E-state index in [2.05, 4.69) is 0 Å². The third-order valence-corrected chi connectivity index (χ3v) is 1.30. The van der Waals surface area contributed by atoms with Crippen molar-refractivity contribution in [2.24, 2.45) is 0 Å². The highest BCUT2D eigenvalue weighted by Gasteiger charge is 1.98. The first-order valence-electron chi connectivity index (χ1n) is 3.25. The van der Waals surface area contributed by atoms with Crippen LogP contribution in [0.25, 0.3) is 6.08 Å². The number of hydrogen-bond donors (Lipinski definition) is 0. The number of benzene rings is 1. The van der Waals surface area contributed by atoms with Crippen LogP contribution in [0.2, 0.25) is 0 Å². The lowest BCUT2D eigenvalue weighted by molar-refractivity contribution is 0.581. The molecule has 3 heteroatoms. The summed E-state index contributed by atoms with van der Waals surface area (Å²) in [6.07, 6.45) is 2.42. The van der Waals surface area contributed by atoms with Crippen LogP contribution in [0.1, 0.15) is 5.56 Å². The molecule has 0 aliphatic heterocycles. The fourth-order valence-corrected chi connectivity index (χ4v) is 0.764. The number of nitrogens with zero attached hydrogens (tertiary/aromatic N) is 1. The van der Waals surface area contributed by atoms with Crippen molar-refractivity contribution >= 4 is 6.08 Å². The molecule has 0 unspecified atom stereocenters. The molecule has 0 heterocycles. The first kappa shape index (κ1) is 8.41. The first-order chi connectivity index (χ1) is 5.74. The van der Waals surface area contributed by atoms with Crippen LogP contribution in [-0.4, -0.2) is 0 Å². The zero-order valence-corrected chi connectivity index (χ0v) is 6.09. The molecule has 0 aliphatic carbocycles. The van der Waals surface area contributed by atoms with Crippen molar-refractivity contribution in [1.29, 1.82) is 5.26 Å². The summed E-state index contributed by atoms with van der Waals surface area (Å²) in [6, 6.07) is 4.91. The van der Waals surface area contributed by atoms with Gasteiger partial charge in [-0.3, -0.25) is 0 Å². The molecule has 1 rings (SSSR count). The van der Waals surface area contributed by atoms with Crippen molar-refractivity contribution in [3.63, 3.8) is 0 Å². The van der Waals surface area contributed by atoms with Gasteiger partial charge in [0.15, 0.2) is 0 Å². The Hall–Kier alpha value is -1.69. The average molecular weight is 165 g/mol. The zero-order valence-electron chi connectivity index (χ0n) is 6.09. The smallest absolute Gasteiger partial charge is 0.133 e. The van der Waals surface area contributed by atoms with E-state index in [9.17, 15) is 8.78 Å². The lowest BCUT2D eigenvalue weighted by Crippen LogP contribution is -1.83. The lowest BCUT2D eigenvalue weighted by Gasteiger charge is -1.94. The quantitative estimate of drug-likeness (QED) is 0.586. The molecule has 0 radical (unpaired) electrons. The van der Waals surface area contributed by atoms with Crippen LogP contribution in [0.15, 0.2) is 24.3 Å². The predicted molar refractivity (Wildman–Crippen MR) is 41.0 cm³/mol. The Balaban J connectivity index is 3.03. The Morgan fingerprint density at radius 2 is 2.08 bits per heavy atom. The molecule has 0 bridgehead atoms. The third-order valence-electron chi connectivity index (χ3n) is 1.30. The molecule has 0 aromatic heterocycles. The van der Waals surface area contributed by atoms with Gasteiger partial charge in [-0.2, -0.15) is 5.26 Å². The summed E-state index contributed by atoms with van der Waals surface area (Å²) in [5, 5.41) is 8.14. The van der Waals surface area contributed by atoms with Gasteiger partial charge in [-0.05, 0) is 18.2 Å². The predicted octanol–water partition coefficient (Wildman–Crippen LogP) is 2.50. The number of allylic oxidation sites excluding steroid dienone is 1. The third kappa shape index (κ3) is 1.89. The molecular weight excluding hydrogens is 160 g/mol. The highest BCUT2D eigenvalue weighted by molar-refractivity contribution is 5.52. The van der Waals surface area contributed by atoms with Crippen LogP contribution in [0.5, 0.6) is 0 Å². The zero-order chi connectivity index (χ0) is 8.97. The molecule has 0 N–H and O–H groups in total. The van der Waals surface area contributed by atoms with Crippen LogP contribution in [0.4, 0.5) is 8.78 Å². The molecule has 0 saturated heterocycles. The second kappa shape index (κ2) is 3.63. The second-order valence-electron chi connectivity index (χ2n) is 2.13. The summed E-state index contributed by atoms with van der Waals surface area (Å²) in [5.74, 6) is -1.29. The molecule has 12 heavy (non-hydrogen) atoms. The Morgan fingerprint density at radius 3 is 2.67 bits per heavy atom. The number of nitriles is 1. The van der Waals surface area contributed by atoms with Gasteiger partial charge in [0, 0.05) is 17.7 Å². The number of rotatable bonds is 1. The van der Waals surface area contributed by atoms with Crippen molar-refractivity contribution < 1.29 is 8.78 Å². The van der Waals surface area contributed by atoms with Crippen molar-refractivity contribution in [2.45, 2.75) is 0 Å². The Labute approximate surface area is 68.6 Å². The van der Waals surface area contributed by atoms with Crippen LogP contribution in [0, 0.1) is 23.0 Å². The maximum absolute atomic E-state index is 12.8. The molecule has 0 amide bonds. The number of hydrogen-bond acceptors (Lipinski definition) is 1. The standard InChI is InChI=1S/C9H5F2N/c10-8-4-3-7(2-1-5-12)9(11)6-8/h1-4,6H. The number of halogens is 2. The fourth-order valence-electron chi connectivity index (χ4n) is 0.764. The van der Waals surface area contributed by atoms with Gasteiger partial charge in [0.2, 0.25) is 0 Å². The molecular formula is C9H5F2N. The van der Waals surface area contributed by atoms with E-state index >= 15 is 0 Å². The maximum Gasteiger partial charge on any atom is 0.133 e. The van der Waals surface area contributed by atoms with Gasteiger partial charge in [-0.25, -0.2) is 8.78 Å². The molecule has 60 valence electrons. The van der Waals surface area contributed by atoms with Crippen molar-refractivity contribution in [3.05, 3.63) is 41.5 Å². The molecule has 1 aromatic rings. The van der Waals surface area contributed by atoms with Gasteiger partial charge in [-0.15, -0.1) is 0 Å². The SMILES string of the molecule is N#CC=Cc1ccc(F)cc1F. The van der Waals surface area contributed by atoms with Crippen LogP contribution in [0.3, 0.4) is 0 Å². The van der Waals surface area contributed by atoms with Gasteiger partial charge in [0.25, 0.3) is 0 Å². The van der Waals surface area contributed by atoms with E-state index in [4.69, 9.17) is 5.26 Å². The summed E-state index contributed by atoms with van der Waals surface area (Å²) in [6.45, 7) is 0. The van der Waals surface area contributed by atoms with Crippen LogP contribution >= 0.6 is 0 Å². The highest BCUT2D eigenvalue weighted by Crippen LogP contribution is 2.10.